The number of carbonyl (C=O) groups is 1. The Morgan fingerprint density at radius 2 is 2.50 bits per heavy atom. The van der Waals surface area contributed by atoms with Gasteiger partial charge in [0.25, 0.3) is 0 Å². The molecule has 0 aliphatic carbocycles. The van der Waals surface area contributed by atoms with E-state index in [1.54, 1.807) is 6.92 Å². The third-order valence-corrected chi connectivity index (χ3v) is 2.22. The number of rotatable bonds is 2. The number of nitrogens with one attached hydrogen (secondary N) is 1. The topological polar surface area (TPSA) is 49.3 Å². The molecule has 0 aromatic rings. The molecule has 1 atom stereocenters. The summed E-state index contributed by atoms with van der Waals surface area (Å²) in [6.45, 7) is 2.52. The van der Waals surface area contributed by atoms with Crippen LogP contribution in [0.2, 0.25) is 0 Å². The van der Waals surface area contributed by atoms with Crippen LogP contribution < -0.4 is 5.32 Å². The predicted octanol–water partition coefficient (Wildman–Crippen LogP) is 0.607. The minimum atomic E-state index is -0.775. The number of aliphatic carboxylic acids is 1. The second-order valence-corrected chi connectivity index (χ2v) is 3.02. The molecule has 0 aromatic heterocycles. The standard InChI is InChI=1S/C9H13NO2/c1-2-3-5-9(8(11)12)6-4-7-10-9/h10H,4-7H2,1H3,(H,11,12). The SMILES string of the molecule is CC#CCC1(C(=O)O)CCCN1. The van der Waals surface area contributed by atoms with Crippen molar-refractivity contribution in [1.29, 1.82) is 0 Å². The summed E-state index contributed by atoms with van der Waals surface area (Å²) in [4.78, 5) is 10.9. The molecule has 3 heteroatoms. The maximum absolute atomic E-state index is 10.9. The molecule has 1 heterocycles. The van der Waals surface area contributed by atoms with E-state index < -0.39 is 11.5 Å². The number of carboxylic acid groups (broad SMARTS) is 1. The first-order valence-electron chi connectivity index (χ1n) is 4.09. The van der Waals surface area contributed by atoms with Gasteiger partial charge in [0.15, 0.2) is 0 Å². The van der Waals surface area contributed by atoms with Crippen molar-refractivity contribution < 1.29 is 9.90 Å². The maximum atomic E-state index is 10.9. The first-order chi connectivity index (χ1) is 5.71. The minimum absolute atomic E-state index is 0.416. The monoisotopic (exact) mass is 167 g/mol. The van der Waals surface area contributed by atoms with Gasteiger partial charge < -0.3 is 10.4 Å². The van der Waals surface area contributed by atoms with Gasteiger partial charge in [-0.3, -0.25) is 4.79 Å². The number of carboxylic acids is 1. The molecule has 1 fully saturated rings. The van der Waals surface area contributed by atoms with Gasteiger partial charge in [0, 0.05) is 6.42 Å². The lowest BCUT2D eigenvalue weighted by Crippen LogP contribution is -2.47. The molecular weight excluding hydrogens is 154 g/mol. The second-order valence-electron chi connectivity index (χ2n) is 3.02. The summed E-state index contributed by atoms with van der Waals surface area (Å²) in [5, 5.41) is 12.0. The van der Waals surface area contributed by atoms with Gasteiger partial charge in [0.2, 0.25) is 0 Å². The van der Waals surface area contributed by atoms with Gasteiger partial charge in [-0.2, -0.15) is 0 Å². The lowest BCUT2D eigenvalue weighted by molar-refractivity contribution is -0.144. The Morgan fingerprint density at radius 1 is 1.75 bits per heavy atom. The summed E-state index contributed by atoms with van der Waals surface area (Å²) in [5.74, 6) is 4.76. The average molecular weight is 167 g/mol. The summed E-state index contributed by atoms with van der Waals surface area (Å²) in [6.07, 6.45) is 2.04. The molecule has 1 saturated heterocycles. The highest BCUT2D eigenvalue weighted by atomic mass is 16.4. The van der Waals surface area contributed by atoms with Crippen LogP contribution in [0.1, 0.15) is 26.2 Å². The zero-order chi connectivity index (χ0) is 9.03. The third-order valence-electron chi connectivity index (χ3n) is 2.22. The normalized spacial score (nSPS) is 27.8. The van der Waals surface area contributed by atoms with Crippen molar-refractivity contribution in [1.82, 2.24) is 5.32 Å². The van der Waals surface area contributed by atoms with Crippen molar-refractivity contribution in [2.24, 2.45) is 0 Å². The summed E-state index contributed by atoms with van der Waals surface area (Å²) in [5.41, 5.74) is -0.761. The minimum Gasteiger partial charge on any atom is -0.480 e. The van der Waals surface area contributed by atoms with Gasteiger partial charge in [-0.15, -0.1) is 11.8 Å². The molecule has 0 radical (unpaired) electrons. The summed E-state index contributed by atoms with van der Waals surface area (Å²) in [6, 6.07) is 0. The lowest BCUT2D eigenvalue weighted by Gasteiger charge is -2.21. The van der Waals surface area contributed by atoms with Crippen molar-refractivity contribution in [3.63, 3.8) is 0 Å². The van der Waals surface area contributed by atoms with Crippen LogP contribution in [0.3, 0.4) is 0 Å². The van der Waals surface area contributed by atoms with Crippen molar-refractivity contribution in [2.45, 2.75) is 31.7 Å². The van der Waals surface area contributed by atoms with E-state index in [1.165, 1.54) is 0 Å². The Bertz CT molecular complexity index is 231. The molecule has 1 aliphatic rings. The number of hydrogen-bond donors (Lipinski definition) is 2. The summed E-state index contributed by atoms with van der Waals surface area (Å²) < 4.78 is 0. The maximum Gasteiger partial charge on any atom is 0.324 e. The predicted molar refractivity (Wildman–Crippen MR) is 45.7 cm³/mol. The van der Waals surface area contributed by atoms with Crippen LogP contribution in [0.25, 0.3) is 0 Å². The first-order valence-corrected chi connectivity index (χ1v) is 4.09. The van der Waals surface area contributed by atoms with Gasteiger partial charge in [-0.05, 0) is 26.3 Å². The van der Waals surface area contributed by atoms with Crippen LogP contribution in [0.5, 0.6) is 0 Å². The highest BCUT2D eigenvalue weighted by Gasteiger charge is 2.40. The highest BCUT2D eigenvalue weighted by molar-refractivity contribution is 5.79. The van der Waals surface area contributed by atoms with E-state index in [1.807, 2.05) is 0 Å². The van der Waals surface area contributed by atoms with E-state index in [4.69, 9.17) is 5.11 Å². The van der Waals surface area contributed by atoms with Gasteiger partial charge in [0.05, 0.1) is 0 Å². The smallest absolute Gasteiger partial charge is 0.324 e. The van der Waals surface area contributed by atoms with Gasteiger partial charge in [0.1, 0.15) is 5.54 Å². The fourth-order valence-corrected chi connectivity index (χ4v) is 1.45. The van der Waals surface area contributed by atoms with Crippen LogP contribution in [-0.4, -0.2) is 23.2 Å². The molecular formula is C9H13NO2. The van der Waals surface area contributed by atoms with Crippen LogP contribution in [0.4, 0.5) is 0 Å². The van der Waals surface area contributed by atoms with E-state index >= 15 is 0 Å². The lowest BCUT2D eigenvalue weighted by atomic mass is 9.94. The van der Waals surface area contributed by atoms with Crippen LogP contribution in [-0.2, 0) is 4.79 Å². The quantitative estimate of drug-likeness (QED) is 0.592. The molecule has 0 amide bonds. The third kappa shape index (κ3) is 1.59. The largest absolute Gasteiger partial charge is 0.480 e. The molecule has 1 rings (SSSR count). The molecule has 3 nitrogen and oxygen atoms in total. The fourth-order valence-electron chi connectivity index (χ4n) is 1.45. The summed E-state index contributed by atoms with van der Waals surface area (Å²) >= 11 is 0. The van der Waals surface area contributed by atoms with Crippen LogP contribution >= 0.6 is 0 Å². The Kier molecular flexibility index (Phi) is 2.72. The number of hydrogen-bond acceptors (Lipinski definition) is 2. The molecule has 0 saturated carbocycles. The molecule has 2 N–H and O–H groups in total. The molecule has 0 spiro atoms. The van der Waals surface area contributed by atoms with Crippen molar-refractivity contribution in [3.05, 3.63) is 0 Å². The molecule has 0 bridgehead atoms. The van der Waals surface area contributed by atoms with E-state index in [2.05, 4.69) is 17.2 Å². The zero-order valence-corrected chi connectivity index (χ0v) is 7.18. The van der Waals surface area contributed by atoms with Crippen molar-refractivity contribution in [2.75, 3.05) is 6.54 Å². The van der Waals surface area contributed by atoms with Gasteiger partial charge >= 0.3 is 5.97 Å². The molecule has 12 heavy (non-hydrogen) atoms. The second kappa shape index (κ2) is 3.59. The van der Waals surface area contributed by atoms with Crippen molar-refractivity contribution >= 4 is 5.97 Å². The van der Waals surface area contributed by atoms with Gasteiger partial charge in [-0.25, -0.2) is 0 Å². The zero-order valence-electron chi connectivity index (χ0n) is 7.18. The van der Waals surface area contributed by atoms with Crippen LogP contribution in [0, 0.1) is 11.8 Å². The Hall–Kier alpha value is -1.01. The van der Waals surface area contributed by atoms with E-state index in [-0.39, 0.29) is 0 Å². The van der Waals surface area contributed by atoms with E-state index in [0.717, 1.165) is 13.0 Å². The molecule has 1 unspecified atom stereocenters. The molecule has 66 valence electrons. The summed E-state index contributed by atoms with van der Waals surface area (Å²) in [7, 11) is 0. The Labute approximate surface area is 72.2 Å². The Balaban J connectivity index is 2.69. The Morgan fingerprint density at radius 3 is 2.92 bits per heavy atom. The van der Waals surface area contributed by atoms with E-state index in [9.17, 15) is 4.79 Å². The van der Waals surface area contributed by atoms with E-state index in [0.29, 0.717) is 12.8 Å². The first kappa shape index (κ1) is 9.08. The fraction of sp³-hybridized carbons (Fsp3) is 0.667. The highest BCUT2D eigenvalue weighted by Crippen LogP contribution is 2.22. The average Bonchev–Trinajstić information content (AvgIpc) is 2.50. The molecule has 1 aliphatic heterocycles. The molecule has 0 aromatic carbocycles. The van der Waals surface area contributed by atoms with Crippen molar-refractivity contribution in [3.8, 4) is 11.8 Å². The van der Waals surface area contributed by atoms with Gasteiger partial charge in [-0.1, -0.05) is 0 Å². The van der Waals surface area contributed by atoms with Crippen LogP contribution in [0.15, 0.2) is 0 Å².